The summed E-state index contributed by atoms with van der Waals surface area (Å²) in [6.07, 6.45) is 7.33. The van der Waals surface area contributed by atoms with Crippen molar-refractivity contribution in [1.82, 2.24) is 10.2 Å². The number of nitrogens with one attached hydrogen (secondary N) is 1. The quantitative estimate of drug-likeness (QED) is 0.357. The Hall–Kier alpha value is -3.27. The number of carbonyl (C=O) groups is 2. The Labute approximate surface area is 238 Å². The third kappa shape index (κ3) is 8.87. The minimum absolute atomic E-state index is 0.103. The van der Waals surface area contributed by atoms with Gasteiger partial charge in [0.2, 0.25) is 21.8 Å². The molecule has 1 saturated carbocycles. The zero-order chi connectivity index (χ0) is 29.1. The van der Waals surface area contributed by atoms with Crippen molar-refractivity contribution in [2.24, 2.45) is 0 Å². The van der Waals surface area contributed by atoms with Gasteiger partial charge in [0.15, 0.2) is 0 Å². The van der Waals surface area contributed by atoms with Crippen LogP contribution in [0.5, 0.6) is 11.5 Å². The highest BCUT2D eigenvalue weighted by molar-refractivity contribution is 7.92. The van der Waals surface area contributed by atoms with Gasteiger partial charge in [-0.05, 0) is 67.6 Å². The summed E-state index contributed by atoms with van der Waals surface area (Å²) in [7, 11) is -0.426. The van der Waals surface area contributed by atoms with E-state index in [1.54, 1.807) is 43.4 Å². The Morgan fingerprint density at radius 2 is 1.52 bits per heavy atom. The second kappa shape index (κ2) is 14.9. The van der Waals surface area contributed by atoms with Crippen molar-refractivity contribution in [3.05, 3.63) is 54.1 Å². The van der Waals surface area contributed by atoms with Crippen LogP contribution in [-0.2, 0) is 26.2 Å². The molecule has 0 saturated heterocycles. The molecule has 1 fully saturated rings. The molecular formula is C30H43N3O6S. The monoisotopic (exact) mass is 573 g/mol. The number of hydrogen-bond donors (Lipinski definition) is 1. The predicted molar refractivity (Wildman–Crippen MR) is 157 cm³/mol. The van der Waals surface area contributed by atoms with Gasteiger partial charge < -0.3 is 19.7 Å². The van der Waals surface area contributed by atoms with Gasteiger partial charge in [-0.3, -0.25) is 13.9 Å². The Morgan fingerprint density at radius 1 is 0.950 bits per heavy atom. The lowest BCUT2D eigenvalue weighted by atomic mass is 9.95. The van der Waals surface area contributed by atoms with Crippen LogP contribution in [0.15, 0.2) is 48.5 Å². The highest BCUT2D eigenvalue weighted by atomic mass is 32.2. The predicted octanol–water partition coefficient (Wildman–Crippen LogP) is 4.51. The first-order valence-electron chi connectivity index (χ1n) is 14.0. The lowest BCUT2D eigenvalue weighted by molar-refractivity contribution is -0.141. The normalized spacial score (nSPS) is 14.7. The Morgan fingerprint density at radius 3 is 2.05 bits per heavy atom. The molecule has 0 bridgehead atoms. The number of methoxy groups -OCH3 is 2. The van der Waals surface area contributed by atoms with E-state index in [-0.39, 0.29) is 37.4 Å². The molecule has 1 aliphatic carbocycles. The molecule has 0 radical (unpaired) electrons. The molecule has 0 aliphatic heterocycles. The van der Waals surface area contributed by atoms with Crippen molar-refractivity contribution in [3.63, 3.8) is 0 Å². The standard InChI is InChI=1S/C30H43N3O6S/c1-5-28(30(35)31-24-10-7-6-8-11-24)32(22-23-13-17-26(38-2)18-14-23)29(34)12-9-21-33(40(4,36)37)25-15-19-27(39-3)20-16-25/h13-20,24,28H,5-12,21-22H2,1-4H3,(H,31,35)/t28-/m1/s1. The van der Waals surface area contributed by atoms with Crippen LogP contribution in [0.25, 0.3) is 0 Å². The van der Waals surface area contributed by atoms with Gasteiger partial charge in [-0.15, -0.1) is 0 Å². The van der Waals surface area contributed by atoms with Crippen LogP contribution in [0.1, 0.15) is 63.9 Å². The molecule has 2 amide bonds. The molecule has 0 aromatic heterocycles. The van der Waals surface area contributed by atoms with E-state index >= 15 is 0 Å². The molecule has 2 aromatic rings. The number of sulfonamides is 1. The van der Waals surface area contributed by atoms with Crippen LogP contribution < -0.4 is 19.1 Å². The van der Waals surface area contributed by atoms with Gasteiger partial charge >= 0.3 is 0 Å². The topological polar surface area (TPSA) is 105 Å². The SMILES string of the molecule is CC[C@H](C(=O)NC1CCCCC1)N(Cc1ccc(OC)cc1)C(=O)CCCN(c1ccc(OC)cc1)S(C)(=O)=O. The zero-order valence-electron chi connectivity index (χ0n) is 24.1. The minimum atomic E-state index is -3.57. The van der Waals surface area contributed by atoms with Crippen molar-refractivity contribution in [3.8, 4) is 11.5 Å². The first-order valence-corrected chi connectivity index (χ1v) is 15.9. The van der Waals surface area contributed by atoms with Crippen molar-refractivity contribution in [2.75, 3.05) is 31.3 Å². The number of benzene rings is 2. The summed E-state index contributed by atoms with van der Waals surface area (Å²) in [5.74, 6) is 1.01. The Kier molecular flexibility index (Phi) is 11.7. The third-order valence-electron chi connectivity index (χ3n) is 7.36. The second-order valence-corrected chi connectivity index (χ2v) is 12.2. The Balaban J connectivity index is 1.75. The molecule has 2 aromatic carbocycles. The molecular weight excluding hydrogens is 530 g/mol. The van der Waals surface area contributed by atoms with Gasteiger partial charge in [0.05, 0.1) is 26.2 Å². The number of amides is 2. The fourth-order valence-electron chi connectivity index (χ4n) is 5.14. The van der Waals surface area contributed by atoms with Crippen LogP contribution in [-0.4, -0.2) is 64.2 Å². The molecule has 1 N–H and O–H groups in total. The number of ether oxygens (including phenoxy) is 2. The van der Waals surface area contributed by atoms with Crippen molar-refractivity contribution >= 4 is 27.5 Å². The maximum Gasteiger partial charge on any atom is 0.243 e. The van der Waals surface area contributed by atoms with Crippen LogP contribution in [0.3, 0.4) is 0 Å². The molecule has 1 aliphatic rings. The van der Waals surface area contributed by atoms with E-state index in [1.165, 1.54) is 10.7 Å². The number of anilines is 1. The lowest BCUT2D eigenvalue weighted by Gasteiger charge is -2.33. The van der Waals surface area contributed by atoms with Gasteiger partial charge in [0.1, 0.15) is 17.5 Å². The maximum absolute atomic E-state index is 13.7. The van der Waals surface area contributed by atoms with E-state index in [2.05, 4.69) is 5.32 Å². The second-order valence-electron chi connectivity index (χ2n) is 10.3. The van der Waals surface area contributed by atoms with Gasteiger partial charge in [-0.25, -0.2) is 8.42 Å². The van der Waals surface area contributed by atoms with Gasteiger partial charge in [-0.2, -0.15) is 0 Å². The highest BCUT2D eigenvalue weighted by Crippen LogP contribution is 2.23. The summed E-state index contributed by atoms with van der Waals surface area (Å²) in [6, 6.07) is 13.7. The lowest BCUT2D eigenvalue weighted by Crippen LogP contribution is -2.51. The number of hydrogen-bond acceptors (Lipinski definition) is 6. The summed E-state index contributed by atoms with van der Waals surface area (Å²) < 4.78 is 36.8. The molecule has 1 atom stereocenters. The summed E-state index contributed by atoms with van der Waals surface area (Å²) in [5, 5.41) is 3.18. The van der Waals surface area contributed by atoms with Gasteiger partial charge in [0.25, 0.3) is 0 Å². The molecule has 220 valence electrons. The molecule has 0 spiro atoms. The smallest absolute Gasteiger partial charge is 0.243 e. The summed E-state index contributed by atoms with van der Waals surface area (Å²) in [4.78, 5) is 28.7. The molecule has 10 heteroatoms. The number of nitrogens with zero attached hydrogens (tertiary/aromatic N) is 2. The molecule has 3 rings (SSSR count). The number of rotatable bonds is 14. The average molecular weight is 574 g/mol. The van der Waals surface area contributed by atoms with Crippen molar-refractivity contribution in [2.45, 2.75) is 76.9 Å². The fraction of sp³-hybridized carbons (Fsp3) is 0.533. The van der Waals surface area contributed by atoms with Gasteiger partial charge in [-0.1, -0.05) is 38.3 Å². The van der Waals surface area contributed by atoms with Crippen molar-refractivity contribution < 1.29 is 27.5 Å². The number of carbonyl (C=O) groups excluding carboxylic acids is 2. The maximum atomic E-state index is 13.7. The summed E-state index contributed by atoms with van der Waals surface area (Å²) in [5.41, 5.74) is 1.39. The largest absolute Gasteiger partial charge is 0.497 e. The van der Waals surface area contributed by atoms with Crippen LogP contribution >= 0.6 is 0 Å². The van der Waals surface area contributed by atoms with Crippen LogP contribution in [0.2, 0.25) is 0 Å². The minimum Gasteiger partial charge on any atom is -0.497 e. The zero-order valence-corrected chi connectivity index (χ0v) is 24.9. The molecule has 9 nitrogen and oxygen atoms in total. The van der Waals surface area contributed by atoms with Crippen molar-refractivity contribution in [1.29, 1.82) is 0 Å². The summed E-state index contributed by atoms with van der Waals surface area (Å²) >= 11 is 0. The van der Waals surface area contributed by atoms with Crippen LogP contribution in [0.4, 0.5) is 5.69 Å². The Bertz CT molecular complexity index is 1190. The van der Waals surface area contributed by atoms with E-state index in [1.807, 2.05) is 31.2 Å². The third-order valence-corrected chi connectivity index (χ3v) is 8.56. The summed E-state index contributed by atoms with van der Waals surface area (Å²) in [6.45, 7) is 2.32. The fourth-order valence-corrected chi connectivity index (χ4v) is 6.11. The van der Waals surface area contributed by atoms with E-state index in [0.717, 1.165) is 37.5 Å². The van der Waals surface area contributed by atoms with Gasteiger partial charge in [0, 0.05) is 25.6 Å². The molecule has 0 unspecified atom stereocenters. The highest BCUT2D eigenvalue weighted by Gasteiger charge is 2.30. The van der Waals surface area contributed by atoms with E-state index in [9.17, 15) is 18.0 Å². The first-order chi connectivity index (χ1) is 19.2. The molecule has 0 heterocycles. The van der Waals surface area contributed by atoms with E-state index in [4.69, 9.17) is 9.47 Å². The average Bonchev–Trinajstić information content (AvgIpc) is 2.95. The van der Waals surface area contributed by atoms with E-state index in [0.29, 0.717) is 30.0 Å². The van der Waals surface area contributed by atoms with E-state index < -0.39 is 16.1 Å². The first kappa shape index (κ1) is 31.3. The molecule has 40 heavy (non-hydrogen) atoms. The van der Waals surface area contributed by atoms with Crippen LogP contribution in [0, 0.1) is 0 Å².